The molecule has 1 aliphatic carbocycles. The lowest BCUT2D eigenvalue weighted by Gasteiger charge is -2.15. The molecule has 4 heteroatoms. The highest BCUT2D eigenvalue weighted by Crippen LogP contribution is 2.21. The smallest absolute Gasteiger partial charge is 0.159 e. The molecule has 0 amide bonds. The summed E-state index contributed by atoms with van der Waals surface area (Å²) in [6.07, 6.45) is -1.82. The van der Waals surface area contributed by atoms with E-state index in [1.807, 2.05) is 0 Å². The van der Waals surface area contributed by atoms with Crippen LogP contribution in [-0.4, -0.2) is 23.2 Å². The van der Waals surface area contributed by atoms with Crippen molar-refractivity contribution in [2.24, 2.45) is 0 Å². The quantitative estimate of drug-likeness (QED) is 0.645. The van der Waals surface area contributed by atoms with Crippen molar-refractivity contribution in [1.82, 2.24) is 0 Å². The Morgan fingerprint density at radius 3 is 2.67 bits per heavy atom. The molecule has 0 aromatic heterocycles. The molecule has 0 saturated heterocycles. The zero-order chi connectivity index (χ0) is 9.30. The molecular weight excluding hydrogens is 166 g/mol. The Morgan fingerprint density at radius 2 is 2.25 bits per heavy atom. The first-order valence-corrected chi connectivity index (χ1v) is 3.44. The zero-order valence-corrected chi connectivity index (χ0v) is 6.42. The molecule has 0 aromatic rings. The predicted molar refractivity (Wildman–Crippen MR) is 38.9 cm³/mol. The molecule has 0 heterocycles. The van der Waals surface area contributed by atoms with Gasteiger partial charge in [-0.05, 0) is 19.1 Å². The van der Waals surface area contributed by atoms with E-state index in [1.54, 1.807) is 0 Å². The molecule has 0 fully saturated rings. The van der Waals surface area contributed by atoms with Crippen LogP contribution >= 0.6 is 0 Å². The zero-order valence-electron chi connectivity index (χ0n) is 6.42. The lowest BCUT2D eigenvalue weighted by Crippen LogP contribution is -2.24. The number of hydrogen-bond acceptors (Lipinski definition) is 2. The van der Waals surface area contributed by atoms with E-state index in [9.17, 15) is 13.6 Å². The Labute approximate surface area is 68.2 Å². The van der Waals surface area contributed by atoms with Gasteiger partial charge in [0.1, 0.15) is 11.9 Å². The molecule has 1 N–H and O–H groups in total. The fourth-order valence-electron chi connectivity index (χ4n) is 0.916. The number of carbonyl (C=O) groups excluding carboxylic acids is 1. The van der Waals surface area contributed by atoms with Gasteiger partial charge in [0.25, 0.3) is 0 Å². The summed E-state index contributed by atoms with van der Waals surface area (Å²) in [6.45, 7) is 1.21. The number of rotatable bonds is 1. The maximum atomic E-state index is 12.7. The third-order valence-corrected chi connectivity index (χ3v) is 1.62. The van der Waals surface area contributed by atoms with Crippen LogP contribution in [0.3, 0.4) is 0 Å². The van der Waals surface area contributed by atoms with Gasteiger partial charge in [0, 0.05) is 5.57 Å². The summed E-state index contributed by atoms with van der Waals surface area (Å²) in [4.78, 5) is 10.7. The maximum Gasteiger partial charge on any atom is 0.159 e. The molecule has 0 aromatic carbocycles. The number of Topliss-reactive ketones (excluding diaryl/α,β-unsaturated/α-hetero) is 1. The molecule has 0 radical (unpaired) electrons. The highest BCUT2D eigenvalue weighted by Gasteiger charge is 2.26. The van der Waals surface area contributed by atoms with Crippen LogP contribution in [0.4, 0.5) is 8.78 Å². The highest BCUT2D eigenvalue weighted by molar-refractivity contribution is 5.96. The summed E-state index contributed by atoms with van der Waals surface area (Å²) < 4.78 is 25.3. The van der Waals surface area contributed by atoms with Crippen LogP contribution in [0.2, 0.25) is 0 Å². The van der Waals surface area contributed by atoms with Gasteiger partial charge in [0.05, 0.1) is 0 Å². The summed E-state index contributed by atoms with van der Waals surface area (Å²) in [5.74, 6) is -1.42. The third kappa shape index (κ3) is 1.58. The Hall–Kier alpha value is -1.03. The molecule has 0 spiro atoms. The van der Waals surface area contributed by atoms with E-state index in [4.69, 9.17) is 5.11 Å². The van der Waals surface area contributed by atoms with Crippen LogP contribution in [-0.2, 0) is 4.79 Å². The molecule has 1 rings (SSSR count). The van der Waals surface area contributed by atoms with Crippen LogP contribution in [0.1, 0.15) is 6.92 Å². The van der Waals surface area contributed by atoms with Gasteiger partial charge in [0.2, 0.25) is 0 Å². The van der Waals surface area contributed by atoms with Crippen molar-refractivity contribution in [2.75, 3.05) is 0 Å². The van der Waals surface area contributed by atoms with Crippen molar-refractivity contribution in [3.63, 3.8) is 0 Å². The molecule has 0 aliphatic heterocycles. The van der Waals surface area contributed by atoms with E-state index in [2.05, 4.69) is 0 Å². The summed E-state index contributed by atoms with van der Waals surface area (Å²) >= 11 is 0. The SMILES string of the molecule is CC(=O)C1=CC(F)C(O)C(F)=C1. The van der Waals surface area contributed by atoms with Crippen molar-refractivity contribution in [3.8, 4) is 0 Å². The van der Waals surface area contributed by atoms with Crippen LogP contribution in [0.5, 0.6) is 0 Å². The van der Waals surface area contributed by atoms with Gasteiger partial charge in [-0.2, -0.15) is 0 Å². The lowest BCUT2D eigenvalue weighted by molar-refractivity contribution is -0.113. The van der Waals surface area contributed by atoms with Crippen LogP contribution in [0, 0.1) is 0 Å². The normalized spacial score (nSPS) is 29.3. The largest absolute Gasteiger partial charge is 0.383 e. The second-order valence-electron chi connectivity index (χ2n) is 2.60. The van der Waals surface area contributed by atoms with E-state index < -0.39 is 23.9 Å². The van der Waals surface area contributed by atoms with Crippen LogP contribution in [0.25, 0.3) is 0 Å². The predicted octanol–water partition coefficient (Wildman–Crippen LogP) is 1.07. The number of carbonyl (C=O) groups is 1. The van der Waals surface area contributed by atoms with Crippen molar-refractivity contribution in [1.29, 1.82) is 0 Å². The summed E-state index contributed by atoms with van der Waals surface area (Å²) in [7, 11) is 0. The molecule has 2 atom stereocenters. The third-order valence-electron chi connectivity index (χ3n) is 1.62. The first-order chi connectivity index (χ1) is 5.52. The highest BCUT2D eigenvalue weighted by atomic mass is 19.1. The molecule has 0 bridgehead atoms. The maximum absolute atomic E-state index is 12.7. The standard InChI is InChI=1S/C8H8F2O2/c1-4(11)5-2-6(9)8(12)7(10)3-5/h2-3,6,8,12H,1H3. The van der Waals surface area contributed by atoms with Gasteiger partial charge in [-0.25, -0.2) is 8.78 Å². The van der Waals surface area contributed by atoms with Gasteiger partial charge >= 0.3 is 0 Å². The van der Waals surface area contributed by atoms with Crippen LogP contribution < -0.4 is 0 Å². The first-order valence-electron chi connectivity index (χ1n) is 3.44. The lowest BCUT2D eigenvalue weighted by atomic mass is 10.0. The molecule has 12 heavy (non-hydrogen) atoms. The van der Waals surface area contributed by atoms with Crippen molar-refractivity contribution in [3.05, 3.63) is 23.6 Å². The summed E-state index contributed by atoms with van der Waals surface area (Å²) in [6, 6.07) is 0. The van der Waals surface area contributed by atoms with Gasteiger partial charge in [-0.15, -0.1) is 0 Å². The van der Waals surface area contributed by atoms with E-state index in [1.165, 1.54) is 6.92 Å². The fraction of sp³-hybridized carbons (Fsp3) is 0.375. The van der Waals surface area contributed by atoms with Gasteiger partial charge in [-0.1, -0.05) is 0 Å². The number of ketones is 1. The Morgan fingerprint density at radius 1 is 1.67 bits per heavy atom. The number of allylic oxidation sites excluding steroid dienone is 2. The van der Waals surface area contributed by atoms with E-state index in [-0.39, 0.29) is 5.57 Å². The number of alkyl halides is 1. The Bertz CT molecular complexity index is 268. The first kappa shape index (κ1) is 9.06. The fourth-order valence-corrected chi connectivity index (χ4v) is 0.916. The monoisotopic (exact) mass is 174 g/mol. The minimum Gasteiger partial charge on any atom is -0.383 e. The average molecular weight is 174 g/mol. The molecule has 1 aliphatic rings. The van der Waals surface area contributed by atoms with Crippen LogP contribution in [0.15, 0.2) is 23.6 Å². The number of halogens is 2. The molecule has 2 unspecified atom stereocenters. The van der Waals surface area contributed by atoms with Crippen molar-refractivity contribution in [2.45, 2.75) is 19.2 Å². The average Bonchev–Trinajstić information content (AvgIpc) is 1.99. The van der Waals surface area contributed by atoms with Gasteiger partial charge in [-0.3, -0.25) is 4.79 Å². The summed E-state index contributed by atoms with van der Waals surface area (Å²) in [5.41, 5.74) is -0.0368. The molecule has 0 saturated carbocycles. The summed E-state index contributed by atoms with van der Waals surface area (Å²) in [5, 5.41) is 8.77. The number of aliphatic hydroxyl groups is 1. The second-order valence-corrected chi connectivity index (χ2v) is 2.60. The Kier molecular flexibility index (Phi) is 2.38. The van der Waals surface area contributed by atoms with Crippen molar-refractivity contribution < 1.29 is 18.7 Å². The molecule has 66 valence electrons. The van der Waals surface area contributed by atoms with Crippen molar-refractivity contribution >= 4 is 5.78 Å². The van der Waals surface area contributed by atoms with E-state index >= 15 is 0 Å². The van der Waals surface area contributed by atoms with E-state index in [0.717, 1.165) is 12.2 Å². The number of aliphatic hydroxyl groups excluding tert-OH is 1. The molecule has 2 nitrogen and oxygen atoms in total. The van der Waals surface area contributed by atoms with E-state index in [0.29, 0.717) is 0 Å². The molecular formula is C8H8F2O2. The second kappa shape index (κ2) is 3.15. The topological polar surface area (TPSA) is 37.3 Å². The van der Waals surface area contributed by atoms with Gasteiger partial charge < -0.3 is 5.11 Å². The number of hydrogen-bond donors (Lipinski definition) is 1. The minimum absolute atomic E-state index is 0.0368. The Balaban J connectivity index is 2.95. The minimum atomic E-state index is -1.83. The van der Waals surface area contributed by atoms with Gasteiger partial charge in [0.15, 0.2) is 12.0 Å².